The molecule has 97 heavy (non-hydrogen) atoms. The monoisotopic (exact) mass is 1400 g/mol. The van der Waals surface area contributed by atoms with Crippen molar-refractivity contribution in [3.8, 4) is 30.6 Å². The van der Waals surface area contributed by atoms with Gasteiger partial charge >= 0.3 is 0 Å². The number of unbranched alkanes of at least 4 members (excludes halogenated alkanes) is 34. The van der Waals surface area contributed by atoms with Crippen LogP contribution in [-0.2, 0) is 25.7 Å². The first-order chi connectivity index (χ1) is 47.8. The van der Waals surface area contributed by atoms with Crippen molar-refractivity contribution >= 4 is 110 Å². The number of aryl methyl sites for hydroxylation is 4. The molecule has 0 spiro atoms. The molecule has 532 valence electrons. The summed E-state index contributed by atoms with van der Waals surface area (Å²) >= 11 is 9.63. The number of aromatic nitrogens is 2. The van der Waals surface area contributed by atoms with Gasteiger partial charge in [-0.15, -0.1) is 45.3 Å². The molecular formula is C90H132N2S5. The van der Waals surface area contributed by atoms with E-state index in [2.05, 4.69) is 139 Å². The molecule has 0 bridgehead atoms. The average molecular weight is 1400 g/mol. The Hall–Kier alpha value is -3.46. The molecule has 0 saturated heterocycles. The van der Waals surface area contributed by atoms with Crippen molar-refractivity contribution in [2.45, 2.75) is 364 Å². The number of thiophene rings is 4. The van der Waals surface area contributed by atoms with E-state index in [-0.39, 0.29) is 0 Å². The van der Waals surface area contributed by atoms with Gasteiger partial charge in [-0.3, -0.25) is 0 Å². The van der Waals surface area contributed by atoms with Gasteiger partial charge in [-0.25, -0.2) is 0 Å². The van der Waals surface area contributed by atoms with Gasteiger partial charge in [0, 0.05) is 60.6 Å². The highest BCUT2D eigenvalue weighted by molar-refractivity contribution is 7.28. The first-order valence-corrected chi connectivity index (χ1v) is 45.1. The van der Waals surface area contributed by atoms with Crippen molar-refractivity contribution in [1.29, 1.82) is 0 Å². The fourth-order valence-corrected chi connectivity index (χ4v) is 21.6. The maximum absolute atomic E-state index is 5.25. The standard InChI is InChI=1S/C90H132N2S5/c1-9-15-21-27-31-33-35-37-41-47-53-71-62-81-75(89-79(71)59-67(7)93-89)55-56-76-82(81)63-72(54-48-42-38-36-34-32-28-22-16-10-2)80-66-85(96-90(76)80)88-74(61-70(50-44-26-20-14-6)52-46-40-30-24-18-12-4)65-84(95-88)78-58-57-77(86-87(78)92-97-91-86)83-64-73(68(8)94-83)60-69(49-43-25-19-13-5)51-45-39-29-23-17-11-3/h55-59,62-66,69-70H,9-54,60-61H2,1-8H3. The van der Waals surface area contributed by atoms with Gasteiger partial charge in [0.2, 0.25) is 0 Å². The van der Waals surface area contributed by atoms with Crippen LogP contribution in [0, 0.1) is 25.7 Å². The largest absolute Gasteiger partial charge is 0.172 e. The third kappa shape index (κ3) is 23.3. The second-order valence-electron chi connectivity index (χ2n) is 30.4. The number of benzene rings is 4. The fraction of sp³-hybridized carbons (Fsp3) is 0.644. The summed E-state index contributed by atoms with van der Waals surface area (Å²) in [6.07, 6.45) is 64.8. The second-order valence-corrected chi connectivity index (χ2v) is 35.5. The van der Waals surface area contributed by atoms with E-state index >= 15 is 0 Å². The van der Waals surface area contributed by atoms with Crippen LogP contribution in [0.3, 0.4) is 0 Å². The molecule has 7 heteroatoms. The van der Waals surface area contributed by atoms with Crippen molar-refractivity contribution < 1.29 is 0 Å². The van der Waals surface area contributed by atoms with Gasteiger partial charge in [0.05, 0.1) is 11.7 Å². The van der Waals surface area contributed by atoms with Crippen molar-refractivity contribution in [3.05, 3.63) is 92.7 Å². The smallest absolute Gasteiger partial charge is 0.114 e. The van der Waals surface area contributed by atoms with Crippen molar-refractivity contribution in [3.63, 3.8) is 0 Å². The topological polar surface area (TPSA) is 25.8 Å². The minimum absolute atomic E-state index is 0.686. The quantitative estimate of drug-likeness (QED) is 0.0280. The lowest BCUT2D eigenvalue weighted by Gasteiger charge is -2.17. The molecular weight excluding hydrogens is 1270 g/mol. The number of nitrogens with zero attached hydrogens (tertiary/aromatic N) is 2. The Morgan fingerprint density at radius 2 is 0.660 bits per heavy atom. The van der Waals surface area contributed by atoms with Gasteiger partial charge in [0.15, 0.2) is 0 Å². The Labute approximate surface area is 612 Å². The molecule has 0 aliphatic carbocycles. The Bertz CT molecular complexity index is 3670. The summed E-state index contributed by atoms with van der Waals surface area (Å²) in [6, 6.07) is 25.8. The van der Waals surface area contributed by atoms with E-state index in [0.717, 1.165) is 29.8 Å². The average Bonchev–Trinajstić information content (AvgIpc) is 1.68. The zero-order valence-electron chi connectivity index (χ0n) is 62.8. The molecule has 0 amide bonds. The van der Waals surface area contributed by atoms with E-state index < -0.39 is 0 Å². The third-order valence-corrected chi connectivity index (χ3v) is 27.5. The lowest BCUT2D eigenvalue weighted by Crippen LogP contribution is -2.05. The molecule has 4 aromatic carbocycles. The summed E-state index contributed by atoms with van der Waals surface area (Å²) < 4.78 is 13.5. The lowest BCUT2D eigenvalue weighted by atomic mass is 9.88. The number of hydrogen-bond donors (Lipinski definition) is 0. The van der Waals surface area contributed by atoms with E-state index in [1.165, 1.54) is 389 Å². The van der Waals surface area contributed by atoms with Crippen molar-refractivity contribution in [2.24, 2.45) is 11.8 Å². The highest BCUT2D eigenvalue weighted by Crippen LogP contribution is 2.50. The molecule has 0 aliphatic rings. The third-order valence-electron chi connectivity index (χ3n) is 22.2. The molecule has 2 atom stereocenters. The maximum atomic E-state index is 5.25. The van der Waals surface area contributed by atoms with Crippen LogP contribution in [0.25, 0.3) is 83.4 Å². The summed E-state index contributed by atoms with van der Waals surface area (Å²) in [6.45, 7) is 18.8. The highest BCUT2D eigenvalue weighted by atomic mass is 32.1. The molecule has 2 nitrogen and oxygen atoms in total. The van der Waals surface area contributed by atoms with E-state index in [1.54, 1.807) is 22.3 Å². The maximum Gasteiger partial charge on any atom is 0.114 e. The summed E-state index contributed by atoms with van der Waals surface area (Å²) in [5, 5.41) is 8.90. The zero-order chi connectivity index (χ0) is 67.8. The Balaban J connectivity index is 1.09. The highest BCUT2D eigenvalue weighted by Gasteiger charge is 2.25. The second kappa shape index (κ2) is 43.5. The van der Waals surface area contributed by atoms with Crippen LogP contribution in [0.1, 0.15) is 356 Å². The van der Waals surface area contributed by atoms with E-state index in [1.807, 2.05) is 22.7 Å². The van der Waals surface area contributed by atoms with Crippen molar-refractivity contribution in [2.75, 3.05) is 0 Å². The first-order valence-electron chi connectivity index (χ1n) is 41.1. The Morgan fingerprint density at radius 1 is 0.299 bits per heavy atom. The van der Waals surface area contributed by atoms with Crippen LogP contribution in [-0.4, -0.2) is 8.75 Å². The molecule has 5 heterocycles. The predicted octanol–water partition coefficient (Wildman–Crippen LogP) is 32.9. The molecule has 5 aromatic heterocycles. The minimum Gasteiger partial charge on any atom is -0.172 e. The molecule has 2 unspecified atom stereocenters. The van der Waals surface area contributed by atoms with E-state index in [0.29, 0.717) is 5.92 Å². The molecule has 0 aliphatic heterocycles. The minimum atomic E-state index is 0.686. The molecule has 0 saturated carbocycles. The first kappa shape index (κ1) is 77.7. The molecule has 0 radical (unpaired) electrons. The lowest BCUT2D eigenvalue weighted by molar-refractivity contribution is 0.402. The van der Waals surface area contributed by atoms with Crippen LogP contribution in [0.5, 0.6) is 0 Å². The van der Waals surface area contributed by atoms with Crippen molar-refractivity contribution in [1.82, 2.24) is 8.75 Å². The number of fused-ring (bicyclic) bond motifs is 8. The predicted molar refractivity (Wildman–Crippen MR) is 444 cm³/mol. The Morgan fingerprint density at radius 3 is 1.10 bits per heavy atom. The molecule has 9 rings (SSSR count). The number of rotatable bonds is 53. The van der Waals surface area contributed by atoms with Crippen LogP contribution in [0.2, 0.25) is 0 Å². The van der Waals surface area contributed by atoms with Gasteiger partial charge in [0.1, 0.15) is 11.0 Å². The van der Waals surface area contributed by atoms with Gasteiger partial charge in [0.25, 0.3) is 0 Å². The number of hydrogen-bond acceptors (Lipinski definition) is 7. The molecule has 0 fully saturated rings. The van der Waals surface area contributed by atoms with Crippen LogP contribution >= 0.6 is 57.1 Å². The fourth-order valence-electron chi connectivity index (χ4n) is 16.3. The molecule has 9 aromatic rings. The van der Waals surface area contributed by atoms with Gasteiger partial charge in [-0.1, -0.05) is 335 Å². The van der Waals surface area contributed by atoms with Crippen LogP contribution < -0.4 is 0 Å². The van der Waals surface area contributed by atoms with E-state index in [4.69, 9.17) is 8.75 Å². The van der Waals surface area contributed by atoms with Gasteiger partial charge in [-0.05, 0) is 144 Å². The van der Waals surface area contributed by atoms with Gasteiger partial charge in [-0.2, -0.15) is 8.75 Å². The summed E-state index contributed by atoms with van der Waals surface area (Å²) in [7, 11) is 0. The Kier molecular flexibility index (Phi) is 34.8. The summed E-state index contributed by atoms with van der Waals surface area (Å²) in [5.41, 5.74) is 11.0. The summed E-state index contributed by atoms with van der Waals surface area (Å²) in [5.74, 6) is 1.46. The normalized spacial score (nSPS) is 12.8. The zero-order valence-corrected chi connectivity index (χ0v) is 66.9. The van der Waals surface area contributed by atoms with E-state index in [9.17, 15) is 0 Å². The molecule has 0 N–H and O–H groups in total. The van der Waals surface area contributed by atoms with Gasteiger partial charge < -0.3 is 0 Å². The van der Waals surface area contributed by atoms with Crippen LogP contribution in [0.4, 0.5) is 0 Å². The summed E-state index contributed by atoms with van der Waals surface area (Å²) in [4.78, 5) is 8.65. The SMILES string of the molecule is CCCCCCCCCCCCc1cc2c3cc(CCCCCCCCCCCC)c4cc(-c5sc(-c6ccc(-c7cc(CC(CCCCCC)CCCCCCCC)c(C)s7)c7nsnc67)cc5CC(CCCCCC)CCCCCCCC)sc4c3ccc2c2sc(C)cc12. The van der Waals surface area contributed by atoms with Crippen LogP contribution in [0.15, 0.2) is 60.7 Å².